The van der Waals surface area contributed by atoms with Crippen LogP contribution in [0.5, 0.6) is 5.88 Å². The van der Waals surface area contributed by atoms with Gasteiger partial charge in [-0.05, 0) is 24.3 Å². The molecule has 2 rings (SSSR count). The Hall–Kier alpha value is -1.07. The van der Waals surface area contributed by atoms with Crippen LogP contribution in [-0.4, -0.2) is 10.1 Å². The van der Waals surface area contributed by atoms with E-state index >= 15 is 0 Å². The van der Waals surface area contributed by atoms with Crippen molar-refractivity contribution in [1.82, 2.24) is 4.98 Å². The van der Waals surface area contributed by atoms with Gasteiger partial charge in [0.1, 0.15) is 10.8 Å². The van der Waals surface area contributed by atoms with Crippen molar-refractivity contribution in [3.63, 3.8) is 0 Å². The van der Waals surface area contributed by atoms with E-state index in [-0.39, 0.29) is 11.7 Å². The molecule has 0 saturated carbocycles. The van der Waals surface area contributed by atoms with Gasteiger partial charge in [0.2, 0.25) is 5.88 Å². The van der Waals surface area contributed by atoms with Crippen LogP contribution in [0.3, 0.4) is 0 Å². The van der Waals surface area contributed by atoms with Crippen LogP contribution in [0.15, 0.2) is 34.5 Å². The van der Waals surface area contributed by atoms with Crippen LogP contribution in [0, 0.1) is 5.82 Å². The molecule has 0 radical (unpaired) electrons. The molecular formula is C10H8FNOS2. The quantitative estimate of drug-likeness (QED) is 0.837. The van der Waals surface area contributed by atoms with E-state index in [2.05, 4.69) is 4.98 Å². The summed E-state index contributed by atoms with van der Waals surface area (Å²) in [6, 6.07) is 6.32. The number of rotatable bonds is 3. The first-order valence-electron chi connectivity index (χ1n) is 4.26. The number of aromatic hydroxyl groups is 1. The van der Waals surface area contributed by atoms with Crippen LogP contribution in [0.25, 0.3) is 0 Å². The van der Waals surface area contributed by atoms with Gasteiger partial charge in [0.25, 0.3) is 0 Å². The zero-order chi connectivity index (χ0) is 10.7. The maximum absolute atomic E-state index is 12.6. The fourth-order valence-electron chi connectivity index (χ4n) is 1.04. The largest absolute Gasteiger partial charge is 0.493 e. The lowest BCUT2D eigenvalue weighted by Crippen LogP contribution is -1.79. The molecule has 1 aromatic heterocycles. The van der Waals surface area contributed by atoms with Crippen LogP contribution >= 0.6 is 23.1 Å². The van der Waals surface area contributed by atoms with E-state index in [9.17, 15) is 4.39 Å². The molecule has 1 heterocycles. The molecule has 15 heavy (non-hydrogen) atoms. The number of benzene rings is 1. The maximum Gasteiger partial charge on any atom is 0.222 e. The smallest absolute Gasteiger partial charge is 0.222 e. The predicted octanol–water partition coefficient (Wildman–Crippen LogP) is 3.28. The minimum absolute atomic E-state index is 0.0645. The Morgan fingerprint density at radius 1 is 1.33 bits per heavy atom. The Bertz CT molecular complexity index is 441. The lowest BCUT2D eigenvalue weighted by atomic mass is 10.4. The third-order valence-corrected chi connectivity index (χ3v) is 3.76. The average Bonchev–Trinajstić information content (AvgIpc) is 2.64. The lowest BCUT2D eigenvalue weighted by molar-refractivity contribution is 0.456. The Balaban J connectivity index is 1.96. The van der Waals surface area contributed by atoms with E-state index in [0.717, 1.165) is 9.90 Å². The van der Waals surface area contributed by atoms with Gasteiger partial charge in [0.05, 0.1) is 11.1 Å². The fraction of sp³-hybridized carbons (Fsp3) is 0.100. The fourth-order valence-corrected chi connectivity index (χ4v) is 2.62. The summed E-state index contributed by atoms with van der Waals surface area (Å²) in [4.78, 5) is 4.91. The molecule has 1 N–H and O–H groups in total. The summed E-state index contributed by atoms with van der Waals surface area (Å²) in [7, 11) is 0. The van der Waals surface area contributed by atoms with Crippen molar-refractivity contribution in [1.29, 1.82) is 0 Å². The van der Waals surface area contributed by atoms with E-state index < -0.39 is 0 Å². The Morgan fingerprint density at radius 2 is 2.07 bits per heavy atom. The van der Waals surface area contributed by atoms with Crippen molar-refractivity contribution >= 4 is 23.1 Å². The lowest BCUT2D eigenvalue weighted by Gasteiger charge is -1.98. The van der Waals surface area contributed by atoms with E-state index in [1.165, 1.54) is 23.5 Å². The van der Waals surface area contributed by atoms with E-state index in [4.69, 9.17) is 5.11 Å². The van der Waals surface area contributed by atoms with Gasteiger partial charge in [-0.2, -0.15) is 0 Å². The van der Waals surface area contributed by atoms with Gasteiger partial charge in [-0.15, -0.1) is 23.1 Å². The Kier molecular flexibility index (Phi) is 3.23. The van der Waals surface area contributed by atoms with Crippen LogP contribution in [0.4, 0.5) is 4.39 Å². The summed E-state index contributed by atoms with van der Waals surface area (Å²) < 4.78 is 12.6. The summed E-state index contributed by atoms with van der Waals surface area (Å²) in [5.74, 6) is 0.526. The third-order valence-electron chi connectivity index (χ3n) is 1.72. The number of hydrogen-bond acceptors (Lipinski definition) is 4. The standard InChI is InChI=1S/C10H8FNOS2/c11-7-1-3-8(4-2-7)14-6-10-12-9(13)5-15-10/h1-5,13H,6H2. The number of halogens is 1. The van der Waals surface area contributed by atoms with Gasteiger partial charge in [0.15, 0.2) is 0 Å². The second kappa shape index (κ2) is 4.63. The molecule has 0 fully saturated rings. The second-order valence-corrected chi connectivity index (χ2v) is 4.83. The predicted molar refractivity (Wildman–Crippen MR) is 59.7 cm³/mol. The number of nitrogens with zero attached hydrogens (tertiary/aromatic N) is 1. The molecule has 0 saturated heterocycles. The van der Waals surface area contributed by atoms with Crippen molar-refractivity contribution in [2.75, 3.05) is 0 Å². The van der Waals surface area contributed by atoms with Crippen LogP contribution in [0.1, 0.15) is 5.01 Å². The summed E-state index contributed by atoms with van der Waals surface area (Å²) in [6.45, 7) is 0. The first-order chi connectivity index (χ1) is 7.24. The molecule has 5 heteroatoms. The highest BCUT2D eigenvalue weighted by atomic mass is 32.2. The van der Waals surface area contributed by atoms with Gasteiger partial charge in [0, 0.05) is 4.90 Å². The second-order valence-electron chi connectivity index (χ2n) is 2.84. The SMILES string of the molecule is Oc1csc(CSc2ccc(F)cc2)n1. The Morgan fingerprint density at radius 3 is 2.67 bits per heavy atom. The van der Waals surface area contributed by atoms with Crippen molar-refractivity contribution in [2.24, 2.45) is 0 Å². The summed E-state index contributed by atoms with van der Waals surface area (Å²) >= 11 is 2.98. The average molecular weight is 241 g/mol. The molecule has 2 aromatic rings. The van der Waals surface area contributed by atoms with Crippen LogP contribution < -0.4 is 0 Å². The van der Waals surface area contributed by atoms with Gasteiger partial charge >= 0.3 is 0 Å². The summed E-state index contributed by atoms with van der Waals surface area (Å²) in [6.07, 6.45) is 0. The molecule has 0 spiro atoms. The van der Waals surface area contributed by atoms with Crippen molar-refractivity contribution in [2.45, 2.75) is 10.6 Å². The highest BCUT2D eigenvalue weighted by Crippen LogP contribution is 2.25. The van der Waals surface area contributed by atoms with Crippen LogP contribution in [-0.2, 0) is 5.75 Å². The first kappa shape index (κ1) is 10.4. The molecule has 0 bridgehead atoms. The number of hydrogen-bond donors (Lipinski definition) is 1. The van der Waals surface area contributed by atoms with Gasteiger partial charge in [-0.25, -0.2) is 9.37 Å². The van der Waals surface area contributed by atoms with Gasteiger partial charge in [-0.3, -0.25) is 0 Å². The normalized spacial score (nSPS) is 10.5. The van der Waals surface area contributed by atoms with E-state index in [1.54, 1.807) is 29.3 Å². The minimum atomic E-state index is -0.230. The highest BCUT2D eigenvalue weighted by Gasteiger charge is 2.01. The Labute approximate surface area is 94.8 Å². The molecular weight excluding hydrogens is 233 g/mol. The molecule has 0 aliphatic carbocycles. The summed E-state index contributed by atoms with van der Waals surface area (Å²) in [5.41, 5.74) is 0. The molecule has 0 atom stereocenters. The van der Waals surface area contributed by atoms with Crippen molar-refractivity contribution < 1.29 is 9.50 Å². The molecule has 2 nitrogen and oxygen atoms in total. The number of thiazole rings is 1. The van der Waals surface area contributed by atoms with Gasteiger partial charge < -0.3 is 5.11 Å². The zero-order valence-corrected chi connectivity index (χ0v) is 9.32. The van der Waals surface area contributed by atoms with Crippen molar-refractivity contribution in [3.8, 4) is 5.88 Å². The van der Waals surface area contributed by atoms with Crippen LogP contribution in [0.2, 0.25) is 0 Å². The number of aromatic nitrogens is 1. The molecule has 0 aliphatic heterocycles. The third kappa shape index (κ3) is 2.94. The zero-order valence-electron chi connectivity index (χ0n) is 7.68. The first-order valence-corrected chi connectivity index (χ1v) is 6.12. The molecule has 78 valence electrons. The maximum atomic E-state index is 12.6. The topological polar surface area (TPSA) is 33.1 Å². The monoisotopic (exact) mass is 241 g/mol. The highest BCUT2D eigenvalue weighted by molar-refractivity contribution is 7.98. The molecule has 0 aliphatic rings. The molecule has 1 aromatic carbocycles. The number of thioether (sulfide) groups is 1. The molecule has 0 unspecified atom stereocenters. The van der Waals surface area contributed by atoms with Crippen molar-refractivity contribution in [3.05, 3.63) is 40.5 Å². The van der Waals surface area contributed by atoms with Gasteiger partial charge in [-0.1, -0.05) is 0 Å². The molecule has 0 amide bonds. The van der Waals surface area contributed by atoms with E-state index in [1.807, 2.05) is 0 Å². The minimum Gasteiger partial charge on any atom is -0.493 e. The van der Waals surface area contributed by atoms with E-state index in [0.29, 0.717) is 5.75 Å². The summed E-state index contributed by atoms with van der Waals surface area (Å²) in [5, 5.41) is 11.5.